The number of anilines is 2. The van der Waals surface area contributed by atoms with Crippen LogP contribution in [0.4, 0.5) is 16.2 Å². The molecule has 0 aliphatic heterocycles. The summed E-state index contributed by atoms with van der Waals surface area (Å²) in [5.41, 5.74) is 8.02. The van der Waals surface area contributed by atoms with E-state index in [4.69, 9.17) is 5.73 Å². The van der Waals surface area contributed by atoms with Crippen LogP contribution in [0.2, 0.25) is 0 Å². The minimum absolute atomic E-state index is 0.0550. The van der Waals surface area contributed by atoms with Crippen molar-refractivity contribution in [1.29, 1.82) is 0 Å². The molecular weight excluding hydrogens is 390 g/mol. The Labute approximate surface area is 172 Å². The highest BCUT2D eigenvalue weighted by Gasteiger charge is 2.19. The van der Waals surface area contributed by atoms with E-state index < -0.39 is 21.3 Å². The fraction of sp³-hybridized carbons (Fsp3) is 0.333. The largest absolute Gasteiger partial charge is 0.351 e. The molecule has 2 aromatic rings. The van der Waals surface area contributed by atoms with Crippen molar-refractivity contribution in [3.05, 3.63) is 59.7 Å². The number of benzene rings is 2. The Balaban J connectivity index is 2.23. The Morgan fingerprint density at radius 3 is 2.17 bits per heavy atom. The Bertz CT molecular complexity index is 985. The second-order valence-corrected chi connectivity index (χ2v) is 9.54. The monoisotopic (exact) mass is 417 g/mol. The van der Waals surface area contributed by atoms with E-state index in [0.29, 0.717) is 16.9 Å². The molecule has 1 unspecified atom stereocenters. The molecule has 156 valence electrons. The molecule has 0 bridgehead atoms. The van der Waals surface area contributed by atoms with Crippen molar-refractivity contribution in [2.24, 2.45) is 5.73 Å². The van der Waals surface area contributed by atoms with Gasteiger partial charge in [0, 0.05) is 12.1 Å². The van der Waals surface area contributed by atoms with Crippen LogP contribution >= 0.6 is 0 Å². The van der Waals surface area contributed by atoms with E-state index in [9.17, 15) is 18.0 Å². The van der Waals surface area contributed by atoms with Crippen molar-refractivity contribution in [2.45, 2.75) is 38.9 Å². The number of nitrogens with two attached hydrogens (primary N) is 1. The second-order valence-electron chi connectivity index (χ2n) is 7.21. The third kappa shape index (κ3) is 5.65. The van der Waals surface area contributed by atoms with Gasteiger partial charge in [-0.05, 0) is 56.5 Å². The van der Waals surface area contributed by atoms with Gasteiger partial charge in [0.2, 0.25) is 10.0 Å². The number of ketones is 1. The van der Waals surface area contributed by atoms with Gasteiger partial charge in [0.25, 0.3) is 0 Å². The van der Waals surface area contributed by atoms with Crippen LogP contribution in [0, 0.1) is 0 Å². The fourth-order valence-electron chi connectivity index (χ4n) is 2.75. The number of rotatable bonds is 8. The minimum Gasteiger partial charge on any atom is -0.351 e. The summed E-state index contributed by atoms with van der Waals surface area (Å²) in [6, 6.07) is 13.2. The van der Waals surface area contributed by atoms with E-state index in [0.717, 1.165) is 5.56 Å². The van der Waals surface area contributed by atoms with Crippen molar-refractivity contribution in [3.63, 3.8) is 0 Å². The third-order valence-electron chi connectivity index (χ3n) is 4.66. The lowest BCUT2D eigenvalue weighted by Crippen LogP contribution is -2.33. The van der Waals surface area contributed by atoms with Crippen molar-refractivity contribution in [3.8, 4) is 0 Å². The minimum atomic E-state index is -3.33. The molecule has 0 saturated heterocycles. The number of nitrogens with one attached hydrogen (secondary N) is 1. The van der Waals surface area contributed by atoms with E-state index in [1.807, 2.05) is 19.1 Å². The smallest absolute Gasteiger partial charge is 0.323 e. The van der Waals surface area contributed by atoms with Crippen LogP contribution in [0.25, 0.3) is 0 Å². The summed E-state index contributed by atoms with van der Waals surface area (Å²) in [5.74, 6) is -0.162. The second kappa shape index (κ2) is 9.19. The van der Waals surface area contributed by atoms with Crippen molar-refractivity contribution in [2.75, 3.05) is 11.4 Å². The van der Waals surface area contributed by atoms with E-state index in [1.165, 1.54) is 11.8 Å². The van der Waals surface area contributed by atoms with Crippen LogP contribution in [-0.4, -0.2) is 32.0 Å². The molecule has 2 aromatic carbocycles. The number of amides is 2. The first kappa shape index (κ1) is 22.6. The first-order valence-corrected chi connectivity index (χ1v) is 10.9. The zero-order valence-corrected chi connectivity index (χ0v) is 17.9. The molecule has 7 nitrogen and oxygen atoms in total. The van der Waals surface area contributed by atoms with Crippen LogP contribution in [0.1, 0.15) is 49.5 Å². The lowest BCUT2D eigenvalue weighted by atomic mass is 10.0. The zero-order chi connectivity index (χ0) is 21.8. The predicted molar refractivity (Wildman–Crippen MR) is 115 cm³/mol. The predicted octanol–water partition coefficient (Wildman–Crippen LogP) is 3.54. The summed E-state index contributed by atoms with van der Waals surface area (Å²) in [5, 5.41) is -0.494. The van der Waals surface area contributed by atoms with E-state index >= 15 is 0 Å². The molecule has 0 aliphatic carbocycles. The molecule has 0 aliphatic rings. The van der Waals surface area contributed by atoms with Crippen LogP contribution in [0.3, 0.4) is 0 Å². The van der Waals surface area contributed by atoms with Gasteiger partial charge in [-0.1, -0.05) is 31.2 Å². The van der Waals surface area contributed by atoms with Gasteiger partial charge in [-0.3, -0.25) is 9.69 Å². The topological polar surface area (TPSA) is 110 Å². The summed E-state index contributed by atoms with van der Waals surface area (Å²) in [6.07, 6.45) is 0. The van der Waals surface area contributed by atoms with Crippen molar-refractivity contribution in [1.82, 2.24) is 4.72 Å². The highest BCUT2D eigenvalue weighted by Crippen LogP contribution is 2.28. The van der Waals surface area contributed by atoms with Gasteiger partial charge in [0.15, 0.2) is 5.78 Å². The Hall–Kier alpha value is -2.71. The van der Waals surface area contributed by atoms with Gasteiger partial charge in [0.1, 0.15) is 0 Å². The lowest BCUT2D eigenvalue weighted by Gasteiger charge is -2.22. The Kier molecular flexibility index (Phi) is 7.16. The van der Waals surface area contributed by atoms with Crippen LogP contribution in [0.5, 0.6) is 0 Å². The molecule has 2 rings (SSSR count). The molecule has 0 aromatic heterocycles. The molecular formula is C21H27N3O4S. The van der Waals surface area contributed by atoms with E-state index in [-0.39, 0.29) is 18.2 Å². The standard InChI is InChI=1S/C21H27N3O4S/c1-14(2)29(27,28)23-13-15(3)17-8-10-19(11-9-17)24(21(22)26)20-7-5-6-18(12-20)16(4)25/h5-12,14-15,23H,13H2,1-4H3,(H2,22,26). The molecule has 0 heterocycles. The third-order valence-corrected chi connectivity index (χ3v) is 6.47. The summed E-state index contributed by atoms with van der Waals surface area (Å²) in [4.78, 5) is 25.0. The SMILES string of the molecule is CC(=O)c1cccc(N(C(N)=O)c2ccc(C(C)CNS(=O)(=O)C(C)C)cc2)c1. The van der Waals surface area contributed by atoms with Crippen LogP contribution < -0.4 is 15.4 Å². The molecule has 0 fully saturated rings. The van der Waals surface area contributed by atoms with Crippen molar-refractivity contribution >= 4 is 33.2 Å². The molecule has 3 N–H and O–H groups in total. The Morgan fingerprint density at radius 1 is 1.03 bits per heavy atom. The number of carbonyl (C=O) groups excluding carboxylic acids is 2. The van der Waals surface area contributed by atoms with E-state index in [1.54, 1.807) is 50.2 Å². The maximum absolute atomic E-state index is 12.1. The lowest BCUT2D eigenvalue weighted by molar-refractivity contribution is 0.101. The average molecular weight is 418 g/mol. The molecule has 0 saturated carbocycles. The van der Waals surface area contributed by atoms with Crippen LogP contribution in [0.15, 0.2) is 48.5 Å². The quantitative estimate of drug-likeness (QED) is 0.640. The number of nitrogens with zero attached hydrogens (tertiary/aromatic N) is 1. The summed E-state index contributed by atoms with van der Waals surface area (Å²) in [7, 11) is -3.33. The number of hydrogen-bond acceptors (Lipinski definition) is 4. The van der Waals surface area contributed by atoms with Gasteiger partial charge in [-0.15, -0.1) is 0 Å². The number of Topliss-reactive ketones (excluding diaryl/α,β-unsaturated/α-hetero) is 1. The number of primary amides is 1. The summed E-state index contributed by atoms with van der Waals surface area (Å²) < 4.78 is 26.5. The number of hydrogen-bond donors (Lipinski definition) is 2. The maximum Gasteiger partial charge on any atom is 0.323 e. The Morgan fingerprint density at radius 2 is 1.66 bits per heavy atom. The highest BCUT2D eigenvalue weighted by atomic mass is 32.2. The van der Waals surface area contributed by atoms with Gasteiger partial charge < -0.3 is 5.73 Å². The molecule has 8 heteroatoms. The van der Waals surface area contributed by atoms with Gasteiger partial charge in [0.05, 0.1) is 16.6 Å². The molecule has 0 radical (unpaired) electrons. The van der Waals surface area contributed by atoms with Gasteiger partial charge >= 0.3 is 6.03 Å². The van der Waals surface area contributed by atoms with Gasteiger partial charge in [-0.2, -0.15) is 0 Å². The highest BCUT2D eigenvalue weighted by molar-refractivity contribution is 7.90. The summed E-state index contributed by atoms with van der Waals surface area (Å²) in [6.45, 7) is 6.90. The normalized spacial score (nSPS) is 12.6. The first-order valence-electron chi connectivity index (χ1n) is 9.32. The number of sulfonamides is 1. The van der Waals surface area contributed by atoms with Gasteiger partial charge in [-0.25, -0.2) is 17.9 Å². The van der Waals surface area contributed by atoms with E-state index in [2.05, 4.69) is 4.72 Å². The van der Waals surface area contributed by atoms with Crippen molar-refractivity contribution < 1.29 is 18.0 Å². The molecule has 1 atom stereocenters. The average Bonchev–Trinajstić information content (AvgIpc) is 2.66. The first-order chi connectivity index (χ1) is 13.5. The molecule has 29 heavy (non-hydrogen) atoms. The summed E-state index contributed by atoms with van der Waals surface area (Å²) >= 11 is 0. The molecule has 2 amide bonds. The number of urea groups is 1. The fourth-order valence-corrected chi connectivity index (χ4v) is 3.56. The van der Waals surface area contributed by atoms with Crippen LogP contribution in [-0.2, 0) is 10.0 Å². The molecule has 0 spiro atoms. The maximum atomic E-state index is 12.1. The number of carbonyl (C=O) groups is 2. The zero-order valence-electron chi connectivity index (χ0n) is 17.0.